The summed E-state index contributed by atoms with van der Waals surface area (Å²) in [7, 11) is 0. The quantitative estimate of drug-likeness (QED) is 0.236. The van der Waals surface area contributed by atoms with E-state index in [1.54, 1.807) is 51.1 Å². The lowest BCUT2D eigenvalue weighted by molar-refractivity contribution is -0.147. The van der Waals surface area contributed by atoms with Crippen LogP contribution in [0.15, 0.2) is 40.8 Å². The number of Topliss-reactive ketones (excluding diaryl/α,β-unsaturated/α-hetero) is 2. The fraction of sp³-hybridized carbons (Fsp3) is 0.385. The van der Waals surface area contributed by atoms with Gasteiger partial charge in [-0.05, 0) is 57.9 Å². The largest absolute Gasteiger partial charge is 0.456 e. The van der Waals surface area contributed by atoms with Gasteiger partial charge in [-0.2, -0.15) is 0 Å². The second-order valence-electron chi connectivity index (χ2n) is 9.44. The standard InChI is InChI=1S/C26H26BrNO7/c1-26(2,3)35-25(32)28-10-4-5-19(28)24(31)33-14-21(30)16-7-9-18-17-8-6-15(20(29)13-27)11-22(17)34-23(18)12-16/h6-9,11-12,19H,4-5,10,13-14H2,1-3H3. The Balaban J connectivity index is 1.44. The summed E-state index contributed by atoms with van der Waals surface area (Å²) in [5.41, 5.74) is 1.23. The van der Waals surface area contributed by atoms with Crippen LogP contribution in [-0.4, -0.2) is 58.7 Å². The average molecular weight is 544 g/mol. The third-order valence-corrected chi connectivity index (χ3v) is 6.25. The predicted octanol–water partition coefficient (Wildman–Crippen LogP) is 5.29. The number of rotatable bonds is 6. The molecule has 0 bridgehead atoms. The van der Waals surface area contributed by atoms with Crippen LogP contribution in [0, 0.1) is 0 Å². The number of nitrogens with zero attached hydrogens (tertiary/aromatic N) is 1. The summed E-state index contributed by atoms with van der Waals surface area (Å²) in [5, 5.41) is 1.86. The van der Waals surface area contributed by atoms with E-state index in [0.29, 0.717) is 41.7 Å². The molecular formula is C26H26BrNO7. The zero-order valence-corrected chi connectivity index (χ0v) is 21.3. The van der Waals surface area contributed by atoms with Crippen molar-refractivity contribution in [2.75, 3.05) is 18.5 Å². The minimum absolute atomic E-state index is 0.0578. The number of furan rings is 1. The minimum atomic E-state index is -0.771. The first-order chi connectivity index (χ1) is 16.6. The second kappa shape index (κ2) is 9.81. The summed E-state index contributed by atoms with van der Waals surface area (Å²) < 4.78 is 16.5. The molecule has 1 atom stereocenters. The Bertz CT molecular complexity index is 1320. The van der Waals surface area contributed by atoms with Gasteiger partial charge in [-0.15, -0.1) is 0 Å². The van der Waals surface area contributed by atoms with Gasteiger partial charge in [0.15, 0.2) is 18.2 Å². The third kappa shape index (κ3) is 5.40. The number of amides is 1. The molecule has 1 aliphatic heterocycles. The van der Waals surface area contributed by atoms with Crippen LogP contribution in [-0.2, 0) is 14.3 Å². The van der Waals surface area contributed by atoms with E-state index in [0.717, 1.165) is 10.8 Å². The molecule has 0 saturated carbocycles. The van der Waals surface area contributed by atoms with E-state index in [4.69, 9.17) is 13.9 Å². The van der Waals surface area contributed by atoms with Crippen molar-refractivity contribution in [3.63, 3.8) is 0 Å². The monoisotopic (exact) mass is 543 g/mol. The number of hydrogen-bond donors (Lipinski definition) is 0. The number of esters is 1. The highest BCUT2D eigenvalue weighted by Gasteiger charge is 2.37. The van der Waals surface area contributed by atoms with Crippen LogP contribution in [0.3, 0.4) is 0 Å². The lowest BCUT2D eigenvalue weighted by Gasteiger charge is -2.27. The van der Waals surface area contributed by atoms with Gasteiger partial charge in [-0.3, -0.25) is 14.5 Å². The maximum Gasteiger partial charge on any atom is 0.411 e. The zero-order valence-electron chi connectivity index (χ0n) is 19.8. The van der Waals surface area contributed by atoms with Crippen LogP contribution >= 0.6 is 15.9 Å². The van der Waals surface area contributed by atoms with Crippen molar-refractivity contribution in [2.24, 2.45) is 0 Å². The van der Waals surface area contributed by atoms with Crippen molar-refractivity contribution < 1.29 is 33.1 Å². The molecule has 2 aromatic carbocycles. The number of alkyl halides is 1. The van der Waals surface area contributed by atoms with Crippen molar-refractivity contribution in [1.29, 1.82) is 0 Å². The highest BCUT2D eigenvalue weighted by molar-refractivity contribution is 9.09. The number of ketones is 2. The molecule has 0 spiro atoms. The van der Waals surface area contributed by atoms with Gasteiger partial charge in [-0.25, -0.2) is 9.59 Å². The van der Waals surface area contributed by atoms with Crippen LogP contribution in [0.1, 0.15) is 54.3 Å². The van der Waals surface area contributed by atoms with Gasteiger partial charge in [0.2, 0.25) is 0 Å². The molecule has 1 fully saturated rings. The maximum absolute atomic E-state index is 12.7. The molecule has 1 aliphatic rings. The van der Waals surface area contributed by atoms with Crippen molar-refractivity contribution >= 4 is 61.5 Å². The first-order valence-electron chi connectivity index (χ1n) is 11.3. The van der Waals surface area contributed by atoms with Gasteiger partial charge < -0.3 is 13.9 Å². The number of carbonyl (C=O) groups excluding carboxylic acids is 4. The predicted molar refractivity (Wildman–Crippen MR) is 133 cm³/mol. The number of carbonyl (C=O) groups is 4. The Morgan fingerprint density at radius 1 is 1.00 bits per heavy atom. The molecule has 0 aliphatic carbocycles. The highest BCUT2D eigenvalue weighted by atomic mass is 79.9. The van der Waals surface area contributed by atoms with Crippen LogP contribution in [0.2, 0.25) is 0 Å². The molecule has 35 heavy (non-hydrogen) atoms. The zero-order chi connectivity index (χ0) is 25.3. The molecule has 1 amide bonds. The Hall–Kier alpha value is -3.20. The first-order valence-corrected chi connectivity index (χ1v) is 12.4. The van der Waals surface area contributed by atoms with Crippen molar-refractivity contribution in [1.82, 2.24) is 4.90 Å². The SMILES string of the molecule is CC(C)(C)OC(=O)N1CCCC1C(=O)OCC(=O)c1ccc2c(c1)oc1cc(C(=O)CBr)ccc12. The van der Waals surface area contributed by atoms with Crippen LogP contribution in [0.5, 0.6) is 0 Å². The Kier molecular flexibility index (Phi) is 6.98. The molecule has 2 heterocycles. The van der Waals surface area contributed by atoms with Crippen molar-refractivity contribution in [3.8, 4) is 0 Å². The summed E-state index contributed by atoms with van der Waals surface area (Å²) in [4.78, 5) is 51.1. The fourth-order valence-electron chi connectivity index (χ4n) is 4.07. The number of halogens is 1. The van der Waals surface area contributed by atoms with Gasteiger partial charge >= 0.3 is 12.1 Å². The molecule has 1 unspecified atom stereocenters. The second-order valence-corrected chi connectivity index (χ2v) is 10.0. The Morgan fingerprint density at radius 2 is 1.60 bits per heavy atom. The lowest BCUT2D eigenvalue weighted by Crippen LogP contribution is -2.44. The molecule has 8 nitrogen and oxygen atoms in total. The van der Waals surface area contributed by atoms with Gasteiger partial charge in [0.25, 0.3) is 0 Å². The molecule has 0 radical (unpaired) electrons. The summed E-state index contributed by atoms with van der Waals surface area (Å²) in [5.74, 6) is -1.08. The summed E-state index contributed by atoms with van der Waals surface area (Å²) >= 11 is 3.16. The number of hydrogen-bond acceptors (Lipinski definition) is 7. The highest BCUT2D eigenvalue weighted by Crippen LogP contribution is 2.30. The Labute approximate surface area is 210 Å². The van der Waals surface area contributed by atoms with Gasteiger partial charge in [-0.1, -0.05) is 28.1 Å². The molecule has 1 saturated heterocycles. The van der Waals surface area contributed by atoms with Gasteiger partial charge in [0.05, 0.1) is 5.33 Å². The Morgan fingerprint density at radius 3 is 2.17 bits per heavy atom. The van der Waals surface area contributed by atoms with Crippen LogP contribution < -0.4 is 0 Å². The molecule has 3 aromatic rings. The average Bonchev–Trinajstić information content (AvgIpc) is 3.44. The topological polar surface area (TPSA) is 103 Å². The number of fused-ring (bicyclic) bond motifs is 3. The maximum atomic E-state index is 12.7. The molecule has 0 N–H and O–H groups in total. The molecule has 1 aromatic heterocycles. The number of benzene rings is 2. The van der Waals surface area contributed by atoms with E-state index in [9.17, 15) is 19.2 Å². The molecular weight excluding hydrogens is 518 g/mol. The van der Waals surface area contributed by atoms with E-state index >= 15 is 0 Å². The van der Waals surface area contributed by atoms with E-state index in [1.165, 1.54) is 4.90 Å². The number of likely N-dealkylation sites (tertiary alicyclic amines) is 1. The summed E-state index contributed by atoms with van der Waals surface area (Å²) in [6, 6.07) is 9.48. The van der Waals surface area contributed by atoms with Gasteiger partial charge in [0.1, 0.15) is 22.8 Å². The van der Waals surface area contributed by atoms with Crippen LogP contribution in [0.4, 0.5) is 4.79 Å². The minimum Gasteiger partial charge on any atom is -0.456 e. The van der Waals surface area contributed by atoms with Crippen molar-refractivity contribution in [2.45, 2.75) is 45.3 Å². The van der Waals surface area contributed by atoms with Crippen molar-refractivity contribution in [3.05, 3.63) is 47.5 Å². The summed E-state index contributed by atoms with van der Waals surface area (Å²) in [6.45, 7) is 5.22. The molecule has 9 heteroatoms. The van der Waals surface area contributed by atoms with E-state index in [1.807, 2.05) is 6.07 Å². The summed E-state index contributed by atoms with van der Waals surface area (Å²) in [6.07, 6.45) is 0.537. The van der Waals surface area contributed by atoms with E-state index in [-0.39, 0.29) is 11.1 Å². The number of ether oxygens (including phenoxy) is 2. The smallest absolute Gasteiger partial charge is 0.411 e. The van der Waals surface area contributed by atoms with E-state index < -0.39 is 36.1 Å². The molecule has 4 rings (SSSR count). The normalized spacial score (nSPS) is 16.0. The fourth-order valence-corrected chi connectivity index (χ4v) is 4.39. The van der Waals surface area contributed by atoms with Crippen LogP contribution in [0.25, 0.3) is 21.9 Å². The first kappa shape index (κ1) is 24.9. The lowest BCUT2D eigenvalue weighted by atomic mass is 10.1. The van der Waals surface area contributed by atoms with E-state index in [2.05, 4.69) is 15.9 Å². The molecule has 184 valence electrons. The third-order valence-electron chi connectivity index (χ3n) is 5.74. The van der Waals surface area contributed by atoms with Gasteiger partial charge in [0, 0.05) is 28.4 Å².